The molecular weight excluding hydrogens is 259 g/mol. The van der Waals surface area contributed by atoms with Crippen LogP contribution in [0.3, 0.4) is 0 Å². The van der Waals surface area contributed by atoms with Gasteiger partial charge in [0.05, 0.1) is 6.61 Å². The van der Waals surface area contributed by atoms with E-state index in [4.69, 9.17) is 5.11 Å². The molecule has 2 N–H and O–H groups in total. The fourth-order valence-electron chi connectivity index (χ4n) is 1.58. The molecule has 17 heavy (non-hydrogen) atoms. The van der Waals surface area contributed by atoms with E-state index in [0.717, 1.165) is 18.8 Å². The highest BCUT2D eigenvalue weighted by atomic mass is 35.5. The number of hydrogen-bond donors (Lipinski definition) is 2. The normalized spacial score (nSPS) is 8.88. The number of rotatable bonds is 6. The minimum atomic E-state index is 0. The molecule has 0 unspecified atom stereocenters. The van der Waals surface area contributed by atoms with Crippen molar-refractivity contribution in [1.29, 1.82) is 0 Å². The summed E-state index contributed by atoms with van der Waals surface area (Å²) >= 11 is 0. The minimum Gasteiger partial charge on any atom is -0.395 e. The van der Waals surface area contributed by atoms with E-state index in [0.29, 0.717) is 6.54 Å². The van der Waals surface area contributed by atoms with Gasteiger partial charge < -0.3 is 15.3 Å². The fourth-order valence-corrected chi connectivity index (χ4v) is 1.58. The highest BCUT2D eigenvalue weighted by Gasteiger charge is 2.00. The van der Waals surface area contributed by atoms with Crippen LogP contribution in [-0.2, 0) is 0 Å². The van der Waals surface area contributed by atoms with Gasteiger partial charge >= 0.3 is 0 Å². The predicted molar refractivity (Wildman–Crippen MR) is 80.1 cm³/mol. The molecule has 0 radical (unpaired) electrons. The molecule has 0 bridgehead atoms. The lowest BCUT2D eigenvalue weighted by atomic mass is 10.2. The first-order valence-electron chi connectivity index (χ1n) is 5.51. The summed E-state index contributed by atoms with van der Waals surface area (Å²) < 4.78 is 0. The summed E-state index contributed by atoms with van der Waals surface area (Å²) in [6.07, 6.45) is 0. The molecule has 0 aliphatic carbocycles. The van der Waals surface area contributed by atoms with Crippen LogP contribution in [-0.4, -0.2) is 31.3 Å². The first-order valence-corrected chi connectivity index (χ1v) is 5.51. The molecule has 0 amide bonds. The molecule has 100 valence electrons. The molecule has 0 heterocycles. The van der Waals surface area contributed by atoms with Crippen LogP contribution in [0.15, 0.2) is 24.3 Å². The maximum atomic E-state index is 8.68. The van der Waals surface area contributed by atoms with Gasteiger partial charge in [0.2, 0.25) is 0 Å². The number of nitrogens with zero attached hydrogens (tertiary/aromatic N) is 1. The van der Waals surface area contributed by atoms with Gasteiger partial charge in [-0.25, -0.2) is 0 Å². The number of halogens is 2. The van der Waals surface area contributed by atoms with Gasteiger partial charge in [-0.3, -0.25) is 0 Å². The van der Waals surface area contributed by atoms with Crippen LogP contribution >= 0.6 is 24.8 Å². The molecule has 0 aromatic heterocycles. The Morgan fingerprint density at radius 2 is 1.59 bits per heavy atom. The quantitative estimate of drug-likeness (QED) is 0.841. The molecule has 0 aliphatic rings. The smallest absolute Gasteiger partial charge is 0.0604 e. The Morgan fingerprint density at radius 3 is 2.00 bits per heavy atom. The van der Waals surface area contributed by atoms with Crippen molar-refractivity contribution in [2.24, 2.45) is 0 Å². The molecule has 1 rings (SSSR count). The second-order valence-electron chi connectivity index (χ2n) is 3.37. The highest BCUT2D eigenvalue weighted by molar-refractivity contribution is 5.85. The van der Waals surface area contributed by atoms with Crippen LogP contribution < -0.4 is 10.2 Å². The molecule has 0 aliphatic heterocycles. The van der Waals surface area contributed by atoms with Crippen LogP contribution in [0.25, 0.3) is 0 Å². The first kappa shape index (κ1) is 18.7. The molecule has 0 fully saturated rings. The van der Waals surface area contributed by atoms with Gasteiger partial charge in [0, 0.05) is 31.0 Å². The molecule has 5 heteroatoms. The number of aliphatic hydroxyl groups is 1. The number of aliphatic hydroxyl groups excluding tert-OH is 1. The van der Waals surface area contributed by atoms with Gasteiger partial charge in [0.1, 0.15) is 0 Å². The maximum Gasteiger partial charge on any atom is 0.0604 e. The van der Waals surface area contributed by atoms with Crippen molar-refractivity contribution in [2.75, 3.05) is 36.5 Å². The summed E-state index contributed by atoms with van der Waals surface area (Å²) in [5, 5.41) is 11.8. The zero-order valence-corrected chi connectivity index (χ0v) is 12.0. The van der Waals surface area contributed by atoms with Crippen molar-refractivity contribution < 1.29 is 5.11 Å². The third-order valence-corrected chi connectivity index (χ3v) is 2.44. The topological polar surface area (TPSA) is 35.5 Å². The predicted octanol–water partition coefficient (Wildman–Crippen LogP) is 2.78. The number of hydrogen-bond acceptors (Lipinski definition) is 3. The average molecular weight is 281 g/mol. The van der Waals surface area contributed by atoms with Crippen molar-refractivity contribution >= 4 is 36.2 Å². The Labute approximate surface area is 116 Å². The summed E-state index contributed by atoms with van der Waals surface area (Å²) in [6, 6.07) is 8.30. The Balaban J connectivity index is 0. The molecule has 0 saturated heterocycles. The van der Waals surface area contributed by atoms with Crippen molar-refractivity contribution in [3.63, 3.8) is 0 Å². The summed E-state index contributed by atoms with van der Waals surface area (Å²) in [5.41, 5.74) is 2.30. The molecule has 3 nitrogen and oxygen atoms in total. The molecule has 0 atom stereocenters. The van der Waals surface area contributed by atoms with Crippen molar-refractivity contribution in [2.45, 2.75) is 13.8 Å². The Kier molecular flexibility index (Phi) is 11.6. The second kappa shape index (κ2) is 10.5. The Hall–Kier alpha value is -0.640. The monoisotopic (exact) mass is 280 g/mol. The van der Waals surface area contributed by atoms with E-state index in [1.165, 1.54) is 5.69 Å². The molecule has 1 aromatic rings. The zero-order chi connectivity index (χ0) is 11.1. The average Bonchev–Trinajstić information content (AvgIpc) is 2.29. The highest BCUT2D eigenvalue weighted by Crippen LogP contribution is 2.17. The molecular formula is C12H22Cl2N2O. The van der Waals surface area contributed by atoms with Crippen molar-refractivity contribution in [1.82, 2.24) is 0 Å². The van der Waals surface area contributed by atoms with Crippen molar-refractivity contribution in [3.8, 4) is 0 Å². The van der Waals surface area contributed by atoms with Gasteiger partial charge in [0.25, 0.3) is 0 Å². The summed E-state index contributed by atoms with van der Waals surface area (Å²) in [5.74, 6) is 0. The second-order valence-corrected chi connectivity index (χ2v) is 3.37. The number of nitrogens with one attached hydrogen (secondary N) is 1. The third kappa shape index (κ3) is 6.01. The Morgan fingerprint density at radius 1 is 1.06 bits per heavy atom. The van der Waals surface area contributed by atoms with Crippen LogP contribution in [0.5, 0.6) is 0 Å². The maximum absolute atomic E-state index is 8.68. The van der Waals surface area contributed by atoms with Gasteiger partial charge in [-0.2, -0.15) is 0 Å². The van der Waals surface area contributed by atoms with Gasteiger partial charge in [-0.05, 0) is 38.1 Å². The fraction of sp³-hybridized carbons (Fsp3) is 0.500. The Bertz CT molecular complexity index is 276. The summed E-state index contributed by atoms with van der Waals surface area (Å²) in [7, 11) is 0. The number of benzene rings is 1. The third-order valence-electron chi connectivity index (χ3n) is 2.44. The van der Waals surface area contributed by atoms with E-state index in [1.54, 1.807) is 0 Å². The lowest BCUT2D eigenvalue weighted by Gasteiger charge is -2.21. The SMILES string of the molecule is CCN(CC)c1ccc(NCCO)cc1.Cl.Cl. The standard InChI is InChI=1S/C12H20N2O.2ClH/c1-3-14(4-2)12-7-5-11(6-8-12)13-9-10-15;;/h5-8,13,15H,3-4,9-10H2,1-2H3;2*1H. The van der Waals surface area contributed by atoms with Crippen LogP contribution in [0.2, 0.25) is 0 Å². The van der Waals surface area contributed by atoms with E-state index in [9.17, 15) is 0 Å². The lowest BCUT2D eigenvalue weighted by Crippen LogP contribution is -2.21. The van der Waals surface area contributed by atoms with Crippen LogP contribution in [0.1, 0.15) is 13.8 Å². The summed E-state index contributed by atoms with van der Waals surface area (Å²) in [6.45, 7) is 7.13. The van der Waals surface area contributed by atoms with E-state index >= 15 is 0 Å². The van der Waals surface area contributed by atoms with E-state index in [1.807, 2.05) is 12.1 Å². The molecule has 1 aromatic carbocycles. The molecule has 0 saturated carbocycles. The van der Waals surface area contributed by atoms with Gasteiger partial charge in [-0.1, -0.05) is 0 Å². The van der Waals surface area contributed by atoms with Gasteiger partial charge in [0.15, 0.2) is 0 Å². The first-order chi connectivity index (χ1) is 7.31. The van der Waals surface area contributed by atoms with E-state index in [-0.39, 0.29) is 31.4 Å². The lowest BCUT2D eigenvalue weighted by molar-refractivity contribution is 0.311. The number of anilines is 2. The van der Waals surface area contributed by atoms with E-state index in [2.05, 4.69) is 36.2 Å². The van der Waals surface area contributed by atoms with Crippen LogP contribution in [0.4, 0.5) is 11.4 Å². The van der Waals surface area contributed by atoms with Crippen molar-refractivity contribution in [3.05, 3.63) is 24.3 Å². The largest absolute Gasteiger partial charge is 0.395 e. The van der Waals surface area contributed by atoms with E-state index < -0.39 is 0 Å². The zero-order valence-electron chi connectivity index (χ0n) is 10.3. The molecule has 0 spiro atoms. The van der Waals surface area contributed by atoms with Crippen LogP contribution in [0, 0.1) is 0 Å². The van der Waals surface area contributed by atoms with Gasteiger partial charge in [-0.15, -0.1) is 24.8 Å². The minimum absolute atomic E-state index is 0. The summed E-state index contributed by atoms with van der Waals surface area (Å²) in [4.78, 5) is 2.30.